The molecule has 2 nitrogen and oxygen atoms in total. The first-order valence-electron chi connectivity index (χ1n) is 6.83. The van der Waals surface area contributed by atoms with Crippen molar-refractivity contribution in [1.82, 2.24) is 0 Å². The highest BCUT2D eigenvalue weighted by Crippen LogP contribution is 2.32. The molecule has 1 heterocycles. The van der Waals surface area contributed by atoms with E-state index < -0.39 is 6.10 Å². The van der Waals surface area contributed by atoms with Crippen LogP contribution in [0.1, 0.15) is 28.4 Å². The number of hydrogen-bond acceptors (Lipinski definition) is 2. The number of benzene rings is 2. The third-order valence-electron chi connectivity index (χ3n) is 3.75. The quantitative estimate of drug-likeness (QED) is 0.880. The summed E-state index contributed by atoms with van der Waals surface area (Å²) < 4.78 is 0. The van der Waals surface area contributed by atoms with Gasteiger partial charge in [-0.1, -0.05) is 48.0 Å². The fraction of sp³-hybridized carbons (Fsp3) is 0.294. The molecule has 19 heavy (non-hydrogen) atoms. The van der Waals surface area contributed by atoms with Gasteiger partial charge in [0.05, 0.1) is 6.10 Å². The third kappa shape index (κ3) is 2.49. The summed E-state index contributed by atoms with van der Waals surface area (Å²) in [5.74, 6) is 0. The molecule has 0 saturated heterocycles. The molecule has 3 rings (SSSR count). The highest BCUT2D eigenvalue weighted by atomic mass is 16.3. The number of hydrogen-bond donors (Lipinski definition) is 2. The van der Waals surface area contributed by atoms with Gasteiger partial charge in [-0.2, -0.15) is 0 Å². The zero-order valence-corrected chi connectivity index (χ0v) is 11.2. The number of nitrogens with one attached hydrogen (secondary N) is 1. The van der Waals surface area contributed by atoms with Crippen LogP contribution in [-0.4, -0.2) is 11.7 Å². The summed E-state index contributed by atoms with van der Waals surface area (Å²) in [7, 11) is 0. The molecule has 0 spiro atoms. The molecule has 98 valence electrons. The summed E-state index contributed by atoms with van der Waals surface area (Å²) >= 11 is 0. The third-order valence-corrected chi connectivity index (χ3v) is 3.75. The first-order chi connectivity index (χ1) is 9.24. The fourth-order valence-corrected chi connectivity index (χ4v) is 2.82. The van der Waals surface area contributed by atoms with Crippen LogP contribution < -0.4 is 5.32 Å². The molecule has 0 radical (unpaired) electrons. The van der Waals surface area contributed by atoms with Crippen molar-refractivity contribution in [3.8, 4) is 0 Å². The van der Waals surface area contributed by atoms with Gasteiger partial charge in [0.2, 0.25) is 0 Å². The molecule has 1 aliphatic heterocycles. The highest BCUT2D eigenvalue weighted by molar-refractivity contribution is 5.62. The van der Waals surface area contributed by atoms with Crippen LogP contribution >= 0.6 is 0 Å². The molecule has 2 aromatic carbocycles. The van der Waals surface area contributed by atoms with E-state index in [1.807, 2.05) is 18.2 Å². The summed E-state index contributed by atoms with van der Waals surface area (Å²) in [6.45, 7) is 3.06. The minimum atomic E-state index is -0.442. The van der Waals surface area contributed by atoms with Crippen molar-refractivity contribution in [2.45, 2.75) is 25.9 Å². The predicted molar refractivity (Wildman–Crippen MR) is 78.5 cm³/mol. The van der Waals surface area contributed by atoms with Crippen LogP contribution in [-0.2, 0) is 12.8 Å². The van der Waals surface area contributed by atoms with Crippen molar-refractivity contribution in [2.24, 2.45) is 0 Å². The summed E-state index contributed by atoms with van der Waals surface area (Å²) in [4.78, 5) is 0. The molecule has 2 aromatic rings. The van der Waals surface area contributed by atoms with Crippen molar-refractivity contribution in [2.75, 3.05) is 11.9 Å². The van der Waals surface area contributed by atoms with Gasteiger partial charge in [0.15, 0.2) is 0 Å². The average molecular weight is 253 g/mol. The topological polar surface area (TPSA) is 32.3 Å². The van der Waals surface area contributed by atoms with Crippen LogP contribution in [0.15, 0.2) is 42.5 Å². The predicted octanol–water partition coefficient (Wildman–Crippen LogP) is 3.24. The van der Waals surface area contributed by atoms with Gasteiger partial charge in [-0.25, -0.2) is 0 Å². The van der Waals surface area contributed by atoms with E-state index in [1.165, 1.54) is 16.7 Å². The molecule has 2 heteroatoms. The summed E-state index contributed by atoms with van der Waals surface area (Å²) in [5, 5.41) is 13.9. The summed E-state index contributed by atoms with van der Waals surface area (Å²) in [5.41, 5.74) is 5.91. The van der Waals surface area contributed by atoms with Gasteiger partial charge in [0.25, 0.3) is 0 Å². The first kappa shape index (κ1) is 12.2. The van der Waals surface area contributed by atoms with E-state index >= 15 is 0 Å². The van der Waals surface area contributed by atoms with Crippen LogP contribution in [0.4, 0.5) is 5.69 Å². The summed E-state index contributed by atoms with van der Waals surface area (Å²) in [6.07, 6.45) is 1.28. The van der Waals surface area contributed by atoms with Gasteiger partial charge in [-0.3, -0.25) is 0 Å². The molecule has 2 N–H and O–H groups in total. The largest absolute Gasteiger partial charge is 0.388 e. The van der Waals surface area contributed by atoms with E-state index in [0.29, 0.717) is 6.42 Å². The fourth-order valence-electron chi connectivity index (χ4n) is 2.82. The first-order valence-corrected chi connectivity index (χ1v) is 6.83. The Morgan fingerprint density at radius 3 is 2.89 bits per heavy atom. The van der Waals surface area contributed by atoms with Crippen molar-refractivity contribution >= 4 is 5.69 Å². The molecule has 0 fully saturated rings. The molecule has 0 aliphatic carbocycles. The standard InChI is InChI=1S/C17H19NO/c1-12-4-2-5-13(10-12)11-16(19)15-7-3-6-14-8-9-18-17(14)15/h2-7,10,16,18-19H,8-9,11H2,1H3. The Balaban J connectivity index is 1.85. The molecular weight excluding hydrogens is 234 g/mol. The van der Waals surface area contributed by atoms with Crippen LogP contribution in [0.3, 0.4) is 0 Å². The molecule has 1 atom stereocenters. The minimum Gasteiger partial charge on any atom is -0.388 e. The van der Waals surface area contributed by atoms with Crippen LogP contribution in [0, 0.1) is 6.92 Å². The van der Waals surface area contributed by atoms with Crippen LogP contribution in [0.25, 0.3) is 0 Å². The van der Waals surface area contributed by atoms with E-state index in [9.17, 15) is 5.11 Å². The number of aliphatic hydroxyl groups is 1. The van der Waals surface area contributed by atoms with E-state index in [0.717, 1.165) is 24.2 Å². The number of aryl methyl sites for hydroxylation is 1. The SMILES string of the molecule is Cc1cccc(CC(O)c2cccc3c2NCC3)c1. The smallest absolute Gasteiger partial charge is 0.0850 e. The number of fused-ring (bicyclic) bond motifs is 1. The molecule has 0 aromatic heterocycles. The molecule has 0 bridgehead atoms. The second kappa shape index (κ2) is 5.06. The maximum Gasteiger partial charge on any atom is 0.0850 e. The minimum absolute atomic E-state index is 0.442. The van der Waals surface area contributed by atoms with Gasteiger partial charge in [-0.05, 0) is 24.5 Å². The normalized spacial score (nSPS) is 14.8. The van der Waals surface area contributed by atoms with Gasteiger partial charge in [0, 0.05) is 24.2 Å². The van der Waals surface area contributed by atoms with Crippen molar-refractivity contribution in [1.29, 1.82) is 0 Å². The maximum absolute atomic E-state index is 10.5. The molecule has 0 saturated carbocycles. The lowest BCUT2D eigenvalue weighted by Crippen LogP contribution is -2.05. The van der Waals surface area contributed by atoms with Gasteiger partial charge in [0.1, 0.15) is 0 Å². The number of para-hydroxylation sites is 1. The molecule has 0 amide bonds. The lowest BCUT2D eigenvalue weighted by atomic mass is 9.97. The zero-order valence-electron chi connectivity index (χ0n) is 11.2. The molecule has 1 unspecified atom stereocenters. The van der Waals surface area contributed by atoms with E-state index in [2.05, 4.69) is 36.5 Å². The van der Waals surface area contributed by atoms with E-state index in [4.69, 9.17) is 0 Å². The summed E-state index contributed by atoms with van der Waals surface area (Å²) in [6, 6.07) is 14.5. The van der Waals surface area contributed by atoms with Gasteiger partial charge >= 0.3 is 0 Å². The Morgan fingerprint density at radius 2 is 2.05 bits per heavy atom. The van der Waals surface area contributed by atoms with Crippen molar-refractivity contribution < 1.29 is 5.11 Å². The van der Waals surface area contributed by atoms with Gasteiger partial charge in [-0.15, -0.1) is 0 Å². The van der Waals surface area contributed by atoms with Crippen molar-refractivity contribution in [3.05, 3.63) is 64.7 Å². The van der Waals surface area contributed by atoms with Gasteiger partial charge < -0.3 is 10.4 Å². The monoisotopic (exact) mass is 253 g/mol. The second-order valence-electron chi connectivity index (χ2n) is 5.27. The lowest BCUT2D eigenvalue weighted by molar-refractivity contribution is 0.179. The van der Waals surface area contributed by atoms with Crippen molar-refractivity contribution in [3.63, 3.8) is 0 Å². The van der Waals surface area contributed by atoms with E-state index in [-0.39, 0.29) is 0 Å². The van der Waals surface area contributed by atoms with Crippen LogP contribution in [0.2, 0.25) is 0 Å². The molecular formula is C17H19NO. The Kier molecular flexibility index (Phi) is 3.26. The number of anilines is 1. The maximum atomic E-state index is 10.5. The Bertz CT molecular complexity index is 592. The number of aliphatic hydroxyl groups excluding tert-OH is 1. The number of rotatable bonds is 3. The Labute approximate surface area is 114 Å². The Morgan fingerprint density at radius 1 is 1.21 bits per heavy atom. The average Bonchev–Trinajstić information content (AvgIpc) is 2.86. The van der Waals surface area contributed by atoms with Crippen LogP contribution in [0.5, 0.6) is 0 Å². The lowest BCUT2D eigenvalue weighted by Gasteiger charge is -2.15. The highest BCUT2D eigenvalue weighted by Gasteiger charge is 2.18. The second-order valence-corrected chi connectivity index (χ2v) is 5.27. The van der Waals surface area contributed by atoms with E-state index in [1.54, 1.807) is 0 Å². The Hall–Kier alpha value is -1.80. The zero-order chi connectivity index (χ0) is 13.2. The molecule has 1 aliphatic rings.